The van der Waals surface area contributed by atoms with Crippen molar-refractivity contribution in [1.29, 1.82) is 0 Å². The van der Waals surface area contributed by atoms with Gasteiger partial charge < -0.3 is 5.32 Å². The molecule has 0 saturated heterocycles. The summed E-state index contributed by atoms with van der Waals surface area (Å²) in [7, 11) is -3.41. The minimum absolute atomic E-state index is 0.325. The molecule has 1 heterocycles. The monoisotopic (exact) mass is 264 g/mol. The Morgan fingerprint density at radius 1 is 1.33 bits per heavy atom. The Morgan fingerprint density at radius 2 is 2.11 bits per heavy atom. The van der Waals surface area contributed by atoms with Crippen LogP contribution in [0.25, 0.3) is 0 Å². The molecular weight excluding hydrogens is 248 g/mol. The summed E-state index contributed by atoms with van der Waals surface area (Å²) in [6.45, 7) is 1.92. The Balaban J connectivity index is 2.08. The highest BCUT2D eigenvalue weighted by molar-refractivity contribution is 7.89. The maximum atomic E-state index is 12.0. The van der Waals surface area contributed by atoms with E-state index in [0.717, 1.165) is 18.7 Å². The molecule has 4 nitrogen and oxygen atoms in total. The van der Waals surface area contributed by atoms with Gasteiger partial charge in [0.15, 0.2) is 0 Å². The van der Waals surface area contributed by atoms with Crippen LogP contribution in [0.15, 0.2) is 23.1 Å². The van der Waals surface area contributed by atoms with Crippen molar-refractivity contribution in [3.8, 4) is 12.3 Å². The van der Waals surface area contributed by atoms with Gasteiger partial charge in [-0.15, -0.1) is 12.3 Å². The average molecular weight is 264 g/mol. The summed E-state index contributed by atoms with van der Waals surface area (Å²) in [6, 6.07) is 5.25. The highest BCUT2D eigenvalue weighted by atomic mass is 32.2. The van der Waals surface area contributed by atoms with Crippen LogP contribution in [0.3, 0.4) is 0 Å². The summed E-state index contributed by atoms with van der Waals surface area (Å²) in [5, 5.41) is 3.19. The second-order valence-corrected chi connectivity index (χ2v) is 6.01. The quantitative estimate of drug-likeness (QED) is 0.616. The molecule has 2 N–H and O–H groups in total. The summed E-state index contributed by atoms with van der Waals surface area (Å²) in [4.78, 5) is 0.325. The number of hydrogen-bond acceptors (Lipinski definition) is 3. The van der Waals surface area contributed by atoms with Crippen molar-refractivity contribution >= 4 is 10.0 Å². The number of fused-ring (bicyclic) bond motifs is 1. The van der Waals surface area contributed by atoms with E-state index in [4.69, 9.17) is 6.42 Å². The van der Waals surface area contributed by atoms with Crippen molar-refractivity contribution < 1.29 is 8.42 Å². The highest BCUT2D eigenvalue weighted by Gasteiger charge is 2.17. The van der Waals surface area contributed by atoms with Crippen LogP contribution in [0.4, 0.5) is 0 Å². The fraction of sp³-hybridized carbons (Fsp3) is 0.385. The zero-order chi connectivity index (χ0) is 13.0. The first-order valence-electron chi connectivity index (χ1n) is 5.89. The maximum absolute atomic E-state index is 12.0. The fourth-order valence-corrected chi connectivity index (χ4v) is 3.04. The Labute approximate surface area is 108 Å². The standard InChI is InChI=1S/C13H16N2O2S/c1-2-3-4-7-15-18(16,17)13-6-5-11-9-14-10-12(11)8-13/h1,5-6,8,14-15H,3-4,7,9-10H2. The molecule has 0 unspecified atom stereocenters. The SMILES string of the molecule is C#CCCCNS(=O)(=O)c1ccc2c(c1)CNC2. The molecule has 1 aliphatic heterocycles. The van der Waals surface area contributed by atoms with Crippen molar-refractivity contribution in [2.75, 3.05) is 6.54 Å². The van der Waals surface area contributed by atoms with Gasteiger partial charge in [-0.3, -0.25) is 0 Å². The van der Waals surface area contributed by atoms with Crippen LogP contribution in [0.1, 0.15) is 24.0 Å². The molecule has 0 aliphatic carbocycles. The molecule has 0 atom stereocenters. The molecule has 0 aromatic heterocycles. The molecule has 0 bridgehead atoms. The van der Waals surface area contributed by atoms with E-state index >= 15 is 0 Å². The summed E-state index contributed by atoms with van der Waals surface area (Å²) in [6.07, 6.45) is 6.35. The van der Waals surface area contributed by atoms with Crippen molar-refractivity contribution in [2.45, 2.75) is 30.8 Å². The Kier molecular flexibility index (Phi) is 4.02. The summed E-state index contributed by atoms with van der Waals surface area (Å²) < 4.78 is 26.6. The highest BCUT2D eigenvalue weighted by Crippen LogP contribution is 2.19. The van der Waals surface area contributed by atoms with Crippen LogP contribution in [0, 0.1) is 12.3 Å². The molecule has 1 aromatic carbocycles. The van der Waals surface area contributed by atoms with E-state index in [1.165, 1.54) is 5.56 Å². The molecule has 0 spiro atoms. The number of unbranched alkanes of at least 4 members (excludes halogenated alkanes) is 1. The van der Waals surface area contributed by atoms with Gasteiger partial charge >= 0.3 is 0 Å². The zero-order valence-corrected chi connectivity index (χ0v) is 10.9. The lowest BCUT2D eigenvalue weighted by molar-refractivity contribution is 0.579. The van der Waals surface area contributed by atoms with Crippen LogP contribution < -0.4 is 10.0 Å². The lowest BCUT2D eigenvalue weighted by atomic mass is 10.1. The molecule has 1 aliphatic rings. The molecule has 5 heteroatoms. The minimum atomic E-state index is -3.41. The molecule has 0 fully saturated rings. The Hall–Kier alpha value is -1.35. The first kappa shape index (κ1) is 13.1. The van der Waals surface area contributed by atoms with Gasteiger partial charge in [0, 0.05) is 26.1 Å². The van der Waals surface area contributed by atoms with Crippen LogP contribution in [-0.2, 0) is 23.1 Å². The average Bonchev–Trinajstić information content (AvgIpc) is 2.82. The fourth-order valence-electron chi connectivity index (χ4n) is 1.92. The second-order valence-electron chi connectivity index (χ2n) is 4.24. The normalized spacial score (nSPS) is 14.2. The lowest BCUT2D eigenvalue weighted by Crippen LogP contribution is -2.24. The van der Waals surface area contributed by atoms with Gasteiger partial charge in [0.05, 0.1) is 4.90 Å². The first-order chi connectivity index (χ1) is 8.63. The lowest BCUT2D eigenvalue weighted by Gasteiger charge is -2.07. The van der Waals surface area contributed by atoms with Crippen molar-refractivity contribution in [3.05, 3.63) is 29.3 Å². The molecular formula is C13H16N2O2S. The third-order valence-electron chi connectivity index (χ3n) is 2.91. The van der Waals surface area contributed by atoms with Crippen molar-refractivity contribution in [1.82, 2.24) is 10.0 Å². The van der Waals surface area contributed by atoms with E-state index in [1.54, 1.807) is 12.1 Å². The van der Waals surface area contributed by atoms with Crippen molar-refractivity contribution in [3.63, 3.8) is 0 Å². The van der Waals surface area contributed by atoms with Crippen LogP contribution >= 0.6 is 0 Å². The molecule has 18 heavy (non-hydrogen) atoms. The van der Waals surface area contributed by atoms with Crippen LogP contribution in [0.5, 0.6) is 0 Å². The summed E-state index contributed by atoms with van der Waals surface area (Å²) in [5.41, 5.74) is 2.22. The maximum Gasteiger partial charge on any atom is 0.240 e. The predicted octanol–water partition coefficient (Wildman–Crippen LogP) is 0.981. The Morgan fingerprint density at radius 3 is 2.89 bits per heavy atom. The van der Waals surface area contributed by atoms with Gasteiger partial charge in [-0.25, -0.2) is 13.1 Å². The van der Waals surface area contributed by atoms with E-state index < -0.39 is 10.0 Å². The van der Waals surface area contributed by atoms with Crippen LogP contribution in [0.2, 0.25) is 0 Å². The topological polar surface area (TPSA) is 58.2 Å². The molecule has 96 valence electrons. The minimum Gasteiger partial charge on any atom is -0.309 e. The molecule has 0 amide bonds. The molecule has 1 aromatic rings. The third kappa shape index (κ3) is 2.91. The van der Waals surface area contributed by atoms with E-state index in [0.29, 0.717) is 24.3 Å². The summed E-state index contributed by atoms with van der Waals surface area (Å²) >= 11 is 0. The largest absolute Gasteiger partial charge is 0.309 e. The van der Waals surface area contributed by atoms with Gasteiger partial charge in [-0.05, 0) is 29.7 Å². The number of sulfonamides is 1. The Bertz CT molecular complexity index is 573. The molecule has 2 rings (SSSR count). The third-order valence-corrected chi connectivity index (χ3v) is 4.37. The second kappa shape index (κ2) is 5.53. The first-order valence-corrected chi connectivity index (χ1v) is 7.37. The van der Waals surface area contributed by atoms with E-state index in [1.807, 2.05) is 6.07 Å². The smallest absolute Gasteiger partial charge is 0.240 e. The summed E-state index contributed by atoms with van der Waals surface area (Å²) in [5.74, 6) is 2.48. The van der Waals surface area contributed by atoms with Gasteiger partial charge in [0.25, 0.3) is 0 Å². The molecule has 0 saturated carbocycles. The van der Waals surface area contributed by atoms with Gasteiger partial charge in [-0.1, -0.05) is 6.07 Å². The van der Waals surface area contributed by atoms with E-state index in [-0.39, 0.29) is 0 Å². The number of terminal acetylenes is 1. The predicted molar refractivity (Wildman–Crippen MR) is 70.2 cm³/mol. The number of hydrogen-bond donors (Lipinski definition) is 2. The number of nitrogens with one attached hydrogen (secondary N) is 2. The van der Waals surface area contributed by atoms with Gasteiger partial charge in [0.2, 0.25) is 10.0 Å². The zero-order valence-electron chi connectivity index (χ0n) is 10.1. The number of benzene rings is 1. The number of rotatable bonds is 5. The van der Waals surface area contributed by atoms with Crippen LogP contribution in [-0.4, -0.2) is 15.0 Å². The van der Waals surface area contributed by atoms with Gasteiger partial charge in [-0.2, -0.15) is 0 Å². The van der Waals surface area contributed by atoms with E-state index in [9.17, 15) is 8.42 Å². The van der Waals surface area contributed by atoms with Gasteiger partial charge in [0.1, 0.15) is 0 Å². The van der Waals surface area contributed by atoms with E-state index in [2.05, 4.69) is 16.0 Å². The van der Waals surface area contributed by atoms with Crippen molar-refractivity contribution in [2.24, 2.45) is 0 Å². The molecule has 0 radical (unpaired) electrons.